The lowest BCUT2D eigenvalue weighted by molar-refractivity contribution is 0.0724. The standard InChI is InChI=1S/C21H17N3O2/c25-21(18-9-4-11-22-18)24-12-10-19-17(13-24)20(23-26-19)16-8-3-6-14-5-1-2-7-15(14)16/h1-9,11,22H,10,12-13H2. The first kappa shape index (κ1) is 15.0. The maximum Gasteiger partial charge on any atom is 0.270 e. The number of carbonyl (C=O) groups excluding carboxylic acids is 1. The van der Waals surface area contributed by atoms with E-state index in [0.717, 1.165) is 33.4 Å². The number of carbonyl (C=O) groups is 1. The molecule has 3 heterocycles. The number of nitrogens with one attached hydrogen (secondary N) is 1. The monoisotopic (exact) mass is 343 g/mol. The number of H-pyrrole nitrogens is 1. The number of aromatic amines is 1. The van der Waals surface area contributed by atoms with Gasteiger partial charge >= 0.3 is 0 Å². The SMILES string of the molecule is O=C(c1ccc[nH]1)N1CCc2onc(-c3cccc4ccccc34)c2C1. The first-order valence-electron chi connectivity index (χ1n) is 8.69. The van der Waals surface area contributed by atoms with E-state index in [1.165, 1.54) is 0 Å². The molecule has 0 radical (unpaired) electrons. The number of aromatic nitrogens is 2. The number of benzene rings is 2. The Morgan fingerprint density at radius 3 is 2.85 bits per heavy atom. The summed E-state index contributed by atoms with van der Waals surface area (Å²) in [7, 11) is 0. The lowest BCUT2D eigenvalue weighted by Crippen LogP contribution is -2.35. The molecule has 26 heavy (non-hydrogen) atoms. The second-order valence-corrected chi connectivity index (χ2v) is 6.52. The molecule has 1 N–H and O–H groups in total. The first-order valence-corrected chi connectivity index (χ1v) is 8.69. The maximum absolute atomic E-state index is 12.7. The van der Waals surface area contributed by atoms with Gasteiger partial charge in [-0.1, -0.05) is 47.6 Å². The third-order valence-electron chi connectivity index (χ3n) is 4.99. The molecule has 0 bridgehead atoms. The van der Waals surface area contributed by atoms with Crippen molar-refractivity contribution in [2.45, 2.75) is 13.0 Å². The molecular formula is C21H17N3O2. The molecule has 0 saturated carbocycles. The number of amides is 1. The molecule has 5 rings (SSSR count). The van der Waals surface area contributed by atoms with Crippen LogP contribution >= 0.6 is 0 Å². The van der Waals surface area contributed by atoms with Crippen LogP contribution in [0.3, 0.4) is 0 Å². The summed E-state index contributed by atoms with van der Waals surface area (Å²) in [5, 5.41) is 6.66. The predicted octanol–water partition coefficient (Wildman–Crippen LogP) is 4.02. The fourth-order valence-corrected chi connectivity index (χ4v) is 3.66. The summed E-state index contributed by atoms with van der Waals surface area (Å²) >= 11 is 0. The van der Waals surface area contributed by atoms with Crippen molar-refractivity contribution >= 4 is 16.7 Å². The molecule has 0 unspecified atom stereocenters. The van der Waals surface area contributed by atoms with E-state index in [-0.39, 0.29) is 5.91 Å². The number of rotatable bonds is 2. The van der Waals surface area contributed by atoms with Crippen molar-refractivity contribution < 1.29 is 9.32 Å². The largest absolute Gasteiger partial charge is 0.360 e. The van der Waals surface area contributed by atoms with Gasteiger partial charge in [0.1, 0.15) is 17.1 Å². The van der Waals surface area contributed by atoms with Crippen LogP contribution in [0, 0.1) is 0 Å². The smallest absolute Gasteiger partial charge is 0.270 e. The maximum atomic E-state index is 12.7. The lowest BCUT2D eigenvalue weighted by atomic mass is 9.97. The van der Waals surface area contributed by atoms with E-state index in [4.69, 9.17) is 4.52 Å². The van der Waals surface area contributed by atoms with E-state index in [1.54, 1.807) is 12.3 Å². The molecule has 128 valence electrons. The minimum atomic E-state index is 0.00530. The molecule has 0 saturated heterocycles. The van der Waals surface area contributed by atoms with Crippen LogP contribution in [0.4, 0.5) is 0 Å². The molecule has 0 aliphatic carbocycles. The fraction of sp³-hybridized carbons (Fsp3) is 0.143. The molecule has 4 aromatic rings. The molecule has 2 aromatic carbocycles. The highest BCUT2D eigenvalue weighted by Gasteiger charge is 2.28. The van der Waals surface area contributed by atoms with Gasteiger partial charge in [0.05, 0.1) is 6.54 Å². The van der Waals surface area contributed by atoms with Crippen molar-refractivity contribution in [3.63, 3.8) is 0 Å². The zero-order valence-electron chi connectivity index (χ0n) is 14.1. The Bertz CT molecular complexity index is 1090. The molecule has 0 atom stereocenters. The summed E-state index contributed by atoms with van der Waals surface area (Å²) < 4.78 is 5.61. The Morgan fingerprint density at radius 2 is 1.96 bits per heavy atom. The lowest BCUT2D eigenvalue weighted by Gasteiger charge is -2.26. The summed E-state index contributed by atoms with van der Waals surface area (Å²) in [6.45, 7) is 1.14. The molecule has 0 fully saturated rings. The number of fused-ring (bicyclic) bond motifs is 2. The van der Waals surface area contributed by atoms with Crippen molar-refractivity contribution in [3.05, 3.63) is 77.8 Å². The second kappa shape index (κ2) is 5.88. The molecule has 1 amide bonds. The van der Waals surface area contributed by atoms with Crippen LogP contribution in [0.1, 0.15) is 21.8 Å². The van der Waals surface area contributed by atoms with Crippen LogP contribution in [-0.4, -0.2) is 27.5 Å². The zero-order chi connectivity index (χ0) is 17.5. The molecule has 1 aliphatic heterocycles. The summed E-state index contributed by atoms with van der Waals surface area (Å²) in [5.74, 6) is 0.884. The highest BCUT2D eigenvalue weighted by Crippen LogP contribution is 2.34. The van der Waals surface area contributed by atoms with E-state index in [2.05, 4.69) is 34.4 Å². The normalized spacial score (nSPS) is 13.8. The van der Waals surface area contributed by atoms with Crippen molar-refractivity contribution in [1.82, 2.24) is 15.0 Å². The van der Waals surface area contributed by atoms with E-state index in [1.807, 2.05) is 29.2 Å². The molecule has 5 nitrogen and oxygen atoms in total. The van der Waals surface area contributed by atoms with E-state index in [0.29, 0.717) is 25.2 Å². The average molecular weight is 343 g/mol. The summed E-state index contributed by atoms with van der Waals surface area (Å²) in [5.41, 5.74) is 3.49. The van der Waals surface area contributed by atoms with Crippen molar-refractivity contribution in [1.29, 1.82) is 0 Å². The molecule has 0 spiro atoms. The van der Waals surface area contributed by atoms with Gasteiger partial charge in [-0.15, -0.1) is 0 Å². The molecule has 1 aliphatic rings. The minimum Gasteiger partial charge on any atom is -0.360 e. The van der Waals surface area contributed by atoms with Crippen LogP contribution < -0.4 is 0 Å². The van der Waals surface area contributed by atoms with E-state index < -0.39 is 0 Å². The first-order chi connectivity index (χ1) is 12.8. The summed E-state index contributed by atoms with van der Waals surface area (Å²) in [6.07, 6.45) is 2.45. The summed E-state index contributed by atoms with van der Waals surface area (Å²) in [6, 6.07) is 18.1. The number of hydrogen-bond acceptors (Lipinski definition) is 3. The van der Waals surface area contributed by atoms with Gasteiger partial charge in [0, 0.05) is 30.3 Å². The van der Waals surface area contributed by atoms with Crippen molar-refractivity contribution in [3.8, 4) is 11.3 Å². The molecule has 2 aromatic heterocycles. The van der Waals surface area contributed by atoms with Gasteiger partial charge in [-0.3, -0.25) is 4.79 Å². The highest BCUT2D eigenvalue weighted by molar-refractivity contribution is 5.97. The average Bonchev–Trinajstić information content (AvgIpc) is 3.36. The Balaban J connectivity index is 1.56. The van der Waals surface area contributed by atoms with Gasteiger partial charge < -0.3 is 14.4 Å². The van der Waals surface area contributed by atoms with Crippen LogP contribution in [0.15, 0.2) is 65.3 Å². The molecular weight excluding hydrogens is 326 g/mol. The second-order valence-electron chi connectivity index (χ2n) is 6.52. The van der Waals surface area contributed by atoms with Crippen LogP contribution in [0.25, 0.3) is 22.0 Å². The minimum absolute atomic E-state index is 0.00530. The molecule has 5 heteroatoms. The summed E-state index contributed by atoms with van der Waals surface area (Å²) in [4.78, 5) is 17.5. The predicted molar refractivity (Wildman–Crippen MR) is 98.7 cm³/mol. The quantitative estimate of drug-likeness (QED) is 0.598. The Morgan fingerprint density at radius 1 is 1.08 bits per heavy atom. The van der Waals surface area contributed by atoms with Crippen LogP contribution in [0.5, 0.6) is 0 Å². The number of nitrogens with zero attached hydrogens (tertiary/aromatic N) is 2. The van der Waals surface area contributed by atoms with Crippen LogP contribution in [0.2, 0.25) is 0 Å². The number of hydrogen-bond donors (Lipinski definition) is 1. The Hall–Kier alpha value is -3.34. The van der Waals surface area contributed by atoms with Gasteiger partial charge in [-0.2, -0.15) is 0 Å². The highest BCUT2D eigenvalue weighted by atomic mass is 16.5. The topological polar surface area (TPSA) is 62.1 Å². The van der Waals surface area contributed by atoms with Gasteiger partial charge in [0.25, 0.3) is 5.91 Å². The van der Waals surface area contributed by atoms with Crippen molar-refractivity contribution in [2.75, 3.05) is 6.54 Å². The van der Waals surface area contributed by atoms with E-state index in [9.17, 15) is 4.79 Å². The van der Waals surface area contributed by atoms with Crippen LogP contribution in [-0.2, 0) is 13.0 Å². The van der Waals surface area contributed by atoms with E-state index >= 15 is 0 Å². The van der Waals surface area contributed by atoms with Gasteiger partial charge in [-0.25, -0.2) is 0 Å². The Labute approximate surface area is 150 Å². The van der Waals surface area contributed by atoms with Gasteiger partial charge in [0.2, 0.25) is 0 Å². The van der Waals surface area contributed by atoms with Gasteiger partial charge in [-0.05, 0) is 22.9 Å². The zero-order valence-corrected chi connectivity index (χ0v) is 14.1. The third kappa shape index (κ3) is 2.32. The fourth-order valence-electron chi connectivity index (χ4n) is 3.66. The van der Waals surface area contributed by atoms with Gasteiger partial charge in [0.15, 0.2) is 0 Å². The Kier molecular flexibility index (Phi) is 3.38. The van der Waals surface area contributed by atoms with Crippen molar-refractivity contribution in [2.24, 2.45) is 0 Å². The third-order valence-corrected chi connectivity index (χ3v) is 4.99.